The largest absolute Gasteiger partial charge is 0.617 e. The third-order valence-electron chi connectivity index (χ3n) is 2.36. The van der Waals surface area contributed by atoms with E-state index in [1.165, 1.54) is 6.07 Å². The maximum Gasteiger partial charge on any atom is 0.293 e. The van der Waals surface area contributed by atoms with Gasteiger partial charge in [0.05, 0.1) is 18.8 Å². The maximum atomic E-state index is 13.8. The Morgan fingerprint density at radius 3 is 2.71 bits per heavy atom. The lowest BCUT2D eigenvalue weighted by molar-refractivity contribution is -0.610. The van der Waals surface area contributed by atoms with Gasteiger partial charge in [-0.2, -0.15) is 4.73 Å². The number of ether oxygens (including phenoxy) is 1. The monoisotopic (exact) mass is 217 g/mol. The number of hydrogen-bond acceptors (Lipinski definition) is 2. The number of rotatable bonds is 1. The van der Waals surface area contributed by atoms with Gasteiger partial charge in [-0.1, -0.05) is 0 Å². The molecule has 0 spiro atoms. The number of alkyl halides is 1. The van der Waals surface area contributed by atoms with Gasteiger partial charge in [-0.05, 0) is 17.7 Å². The summed E-state index contributed by atoms with van der Waals surface area (Å²) in [7, 11) is 0. The van der Waals surface area contributed by atoms with Crippen LogP contribution >= 0.6 is 11.6 Å². The molecule has 5 heteroatoms. The van der Waals surface area contributed by atoms with Gasteiger partial charge in [0.1, 0.15) is 0 Å². The second-order valence-corrected chi connectivity index (χ2v) is 3.79. The first kappa shape index (κ1) is 9.68. The van der Waals surface area contributed by atoms with Crippen molar-refractivity contribution in [2.75, 3.05) is 13.2 Å². The van der Waals surface area contributed by atoms with Crippen LogP contribution in [-0.4, -0.2) is 13.2 Å². The molecule has 2 rings (SSSR count). The molecule has 0 aliphatic carbocycles. The predicted molar refractivity (Wildman–Crippen MR) is 48.8 cm³/mol. The molecule has 0 bridgehead atoms. The first-order valence-electron chi connectivity index (χ1n) is 4.20. The number of aryl methyl sites for hydroxylation is 1. The quantitative estimate of drug-likeness (QED) is 0.406. The molecule has 14 heavy (non-hydrogen) atoms. The van der Waals surface area contributed by atoms with Gasteiger partial charge in [0.2, 0.25) is 0 Å². The second kappa shape index (κ2) is 3.07. The van der Waals surface area contributed by atoms with Gasteiger partial charge in [-0.25, -0.2) is 4.39 Å². The smallest absolute Gasteiger partial charge is 0.293 e. The van der Waals surface area contributed by atoms with Gasteiger partial charge >= 0.3 is 0 Å². The number of halogens is 2. The maximum absolute atomic E-state index is 13.8. The number of aromatic nitrogens is 1. The van der Waals surface area contributed by atoms with Crippen molar-refractivity contribution in [1.82, 2.24) is 0 Å². The zero-order valence-electron chi connectivity index (χ0n) is 7.59. The van der Waals surface area contributed by atoms with Crippen LogP contribution in [0.5, 0.6) is 0 Å². The lowest BCUT2D eigenvalue weighted by Crippen LogP contribution is -2.45. The van der Waals surface area contributed by atoms with Crippen LogP contribution in [0.4, 0.5) is 4.39 Å². The van der Waals surface area contributed by atoms with Crippen molar-refractivity contribution in [1.29, 1.82) is 0 Å². The molecule has 0 saturated carbocycles. The van der Waals surface area contributed by atoms with E-state index in [1.54, 1.807) is 13.0 Å². The molecule has 76 valence electrons. The van der Waals surface area contributed by atoms with E-state index in [2.05, 4.69) is 0 Å². The van der Waals surface area contributed by atoms with Crippen LogP contribution < -0.4 is 4.73 Å². The minimum atomic E-state index is -1.59. The Morgan fingerprint density at radius 1 is 1.57 bits per heavy atom. The van der Waals surface area contributed by atoms with Gasteiger partial charge in [-0.3, -0.25) is 0 Å². The van der Waals surface area contributed by atoms with Crippen LogP contribution in [0.2, 0.25) is 5.15 Å². The van der Waals surface area contributed by atoms with E-state index in [4.69, 9.17) is 16.3 Å². The van der Waals surface area contributed by atoms with Crippen molar-refractivity contribution in [3.05, 3.63) is 33.8 Å². The van der Waals surface area contributed by atoms with Gasteiger partial charge in [0.15, 0.2) is 11.4 Å². The van der Waals surface area contributed by atoms with E-state index >= 15 is 0 Å². The van der Waals surface area contributed by atoms with E-state index < -0.39 is 5.67 Å². The molecular weight excluding hydrogens is 209 g/mol. The molecule has 1 aromatic rings. The fourth-order valence-corrected chi connectivity index (χ4v) is 1.74. The van der Waals surface area contributed by atoms with Crippen molar-refractivity contribution in [2.24, 2.45) is 0 Å². The van der Waals surface area contributed by atoms with Crippen LogP contribution in [0, 0.1) is 12.1 Å². The zero-order valence-corrected chi connectivity index (χ0v) is 8.34. The van der Waals surface area contributed by atoms with Gasteiger partial charge in [0.25, 0.3) is 5.15 Å². The van der Waals surface area contributed by atoms with Crippen LogP contribution in [0.25, 0.3) is 0 Å². The van der Waals surface area contributed by atoms with E-state index in [0.29, 0.717) is 10.4 Å². The molecule has 0 unspecified atom stereocenters. The van der Waals surface area contributed by atoms with E-state index in [-0.39, 0.29) is 23.9 Å². The van der Waals surface area contributed by atoms with Crippen LogP contribution in [-0.2, 0) is 10.4 Å². The lowest BCUT2D eigenvalue weighted by Gasteiger charge is -2.33. The molecule has 1 aliphatic heterocycles. The lowest BCUT2D eigenvalue weighted by atomic mass is 9.95. The Morgan fingerprint density at radius 2 is 2.21 bits per heavy atom. The first-order valence-corrected chi connectivity index (χ1v) is 4.58. The molecule has 0 amide bonds. The Bertz CT molecular complexity index is 379. The highest BCUT2D eigenvalue weighted by Gasteiger charge is 2.44. The van der Waals surface area contributed by atoms with Gasteiger partial charge in [0, 0.05) is 13.0 Å². The molecule has 1 aliphatic rings. The third kappa shape index (κ3) is 1.26. The Kier molecular flexibility index (Phi) is 2.12. The molecule has 0 aromatic carbocycles. The SMILES string of the molecule is Cc1ccc(C2(F)COC2)c(Cl)[n+]1[O-]. The highest BCUT2D eigenvalue weighted by Crippen LogP contribution is 2.36. The molecule has 1 aromatic heterocycles. The molecule has 2 heterocycles. The molecule has 0 N–H and O–H groups in total. The van der Waals surface area contributed by atoms with Crippen LogP contribution in [0.1, 0.15) is 11.3 Å². The van der Waals surface area contributed by atoms with Crippen molar-refractivity contribution < 1.29 is 13.9 Å². The highest BCUT2D eigenvalue weighted by atomic mass is 35.5. The molecular formula is C9H9ClFNO2. The number of nitrogens with zero attached hydrogens (tertiary/aromatic N) is 1. The third-order valence-corrected chi connectivity index (χ3v) is 2.71. The normalized spacial score (nSPS) is 19.1. The van der Waals surface area contributed by atoms with Gasteiger partial charge < -0.3 is 9.94 Å². The van der Waals surface area contributed by atoms with E-state index in [0.717, 1.165) is 0 Å². The minimum Gasteiger partial charge on any atom is -0.617 e. The first-order chi connectivity index (χ1) is 6.54. The summed E-state index contributed by atoms with van der Waals surface area (Å²) in [4.78, 5) is 0. The molecule has 0 atom stereocenters. The van der Waals surface area contributed by atoms with Crippen LogP contribution in [0.3, 0.4) is 0 Å². The van der Waals surface area contributed by atoms with E-state index in [9.17, 15) is 9.60 Å². The summed E-state index contributed by atoms with van der Waals surface area (Å²) in [6, 6.07) is 3.09. The summed E-state index contributed by atoms with van der Waals surface area (Å²) < 4.78 is 19.1. The molecule has 3 nitrogen and oxygen atoms in total. The van der Waals surface area contributed by atoms with Crippen LogP contribution in [0.15, 0.2) is 12.1 Å². The zero-order chi connectivity index (χ0) is 10.3. The summed E-state index contributed by atoms with van der Waals surface area (Å²) in [5, 5.41) is 11.3. The summed E-state index contributed by atoms with van der Waals surface area (Å²) in [5.41, 5.74) is -0.926. The topological polar surface area (TPSA) is 36.2 Å². The van der Waals surface area contributed by atoms with Crippen molar-refractivity contribution in [2.45, 2.75) is 12.6 Å². The minimum absolute atomic E-state index is 0.0320. The Hall–Kier alpha value is -0.870. The van der Waals surface area contributed by atoms with Gasteiger partial charge in [-0.15, -0.1) is 0 Å². The summed E-state index contributed by atoms with van der Waals surface area (Å²) >= 11 is 5.75. The fraction of sp³-hybridized carbons (Fsp3) is 0.444. The average molecular weight is 218 g/mol. The van der Waals surface area contributed by atoms with E-state index in [1.807, 2.05) is 0 Å². The van der Waals surface area contributed by atoms with Crippen molar-refractivity contribution in [3.8, 4) is 0 Å². The standard InChI is InChI=1S/C9H9ClFNO2/c1-6-2-3-7(8(10)12(6)13)9(11)4-14-5-9/h2-3H,4-5H2,1H3. The summed E-state index contributed by atoms with van der Waals surface area (Å²) in [6.45, 7) is 1.55. The molecule has 0 radical (unpaired) electrons. The van der Waals surface area contributed by atoms with Crippen molar-refractivity contribution >= 4 is 11.6 Å². The molecule has 1 fully saturated rings. The average Bonchev–Trinajstić information content (AvgIpc) is 2.11. The fourth-order valence-electron chi connectivity index (χ4n) is 1.38. The second-order valence-electron chi connectivity index (χ2n) is 3.43. The Balaban J connectivity index is 2.49. The number of pyridine rings is 1. The predicted octanol–water partition coefficient (Wildman–Crippen LogP) is 1.48. The number of hydrogen-bond donors (Lipinski definition) is 0. The molecule has 1 saturated heterocycles. The highest BCUT2D eigenvalue weighted by molar-refractivity contribution is 6.29. The summed E-state index contributed by atoms with van der Waals surface area (Å²) in [5.74, 6) is 0. The Labute approximate surface area is 85.6 Å². The summed E-state index contributed by atoms with van der Waals surface area (Å²) in [6.07, 6.45) is 0. The van der Waals surface area contributed by atoms with Crippen molar-refractivity contribution in [3.63, 3.8) is 0 Å².